The highest BCUT2D eigenvalue weighted by molar-refractivity contribution is 14.1. The second-order valence-electron chi connectivity index (χ2n) is 8.53. The average molecular weight is 561 g/mol. The SMILES string of the molecule is O=C(NCCO)C1=C[C@H]2OC3(Cc4ccccc4C3)O[C@H]2[C@H](OC(=O)c2cccc(I)c2)C1. The van der Waals surface area contributed by atoms with Gasteiger partial charge >= 0.3 is 5.97 Å². The molecule has 172 valence electrons. The minimum absolute atomic E-state index is 0.147. The summed E-state index contributed by atoms with van der Waals surface area (Å²) in [5.74, 6) is -1.61. The summed E-state index contributed by atoms with van der Waals surface area (Å²) in [5.41, 5.74) is 3.25. The number of rotatable bonds is 5. The Morgan fingerprint density at radius 1 is 1.12 bits per heavy atom. The molecule has 7 nitrogen and oxygen atoms in total. The van der Waals surface area contributed by atoms with E-state index in [-0.39, 0.29) is 25.5 Å². The van der Waals surface area contributed by atoms with E-state index in [1.165, 1.54) is 11.1 Å². The molecule has 1 amide bonds. The van der Waals surface area contributed by atoms with Gasteiger partial charge in [-0.1, -0.05) is 30.3 Å². The summed E-state index contributed by atoms with van der Waals surface area (Å²) in [6.45, 7) is -0.00904. The van der Waals surface area contributed by atoms with Crippen LogP contribution in [-0.2, 0) is 31.8 Å². The highest BCUT2D eigenvalue weighted by Gasteiger charge is 2.55. The summed E-state index contributed by atoms with van der Waals surface area (Å²) in [6, 6.07) is 15.3. The summed E-state index contributed by atoms with van der Waals surface area (Å²) in [6.07, 6.45) is 1.48. The molecule has 1 heterocycles. The summed E-state index contributed by atoms with van der Waals surface area (Å²) >= 11 is 2.15. The first-order chi connectivity index (χ1) is 16.0. The van der Waals surface area contributed by atoms with Crippen molar-refractivity contribution in [3.63, 3.8) is 0 Å². The molecule has 1 spiro atoms. The molecule has 2 aliphatic carbocycles. The van der Waals surface area contributed by atoms with Crippen molar-refractivity contribution in [2.24, 2.45) is 0 Å². The molecular formula is C25H24INO6. The van der Waals surface area contributed by atoms with Crippen molar-refractivity contribution in [3.05, 3.63) is 80.4 Å². The molecule has 2 aromatic carbocycles. The maximum Gasteiger partial charge on any atom is 0.338 e. The summed E-state index contributed by atoms with van der Waals surface area (Å²) in [4.78, 5) is 25.6. The van der Waals surface area contributed by atoms with Crippen molar-refractivity contribution >= 4 is 34.5 Å². The number of halogens is 1. The molecule has 5 rings (SSSR count). The minimum atomic E-state index is -0.834. The van der Waals surface area contributed by atoms with Crippen LogP contribution in [0.4, 0.5) is 0 Å². The lowest BCUT2D eigenvalue weighted by molar-refractivity contribution is -0.172. The third-order valence-corrected chi connectivity index (χ3v) is 6.90. The van der Waals surface area contributed by atoms with Crippen molar-refractivity contribution in [1.82, 2.24) is 5.32 Å². The molecule has 3 aliphatic rings. The predicted octanol–water partition coefficient (Wildman–Crippen LogP) is 2.53. The van der Waals surface area contributed by atoms with E-state index in [0.29, 0.717) is 24.0 Å². The van der Waals surface area contributed by atoms with E-state index in [1.807, 2.05) is 18.2 Å². The highest BCUT2D eigenvalue weighted by atomic mass is 127. The maximum atomic E-state index is 12.9. The van der Waals surface area contributed by atoms with Crippen LogP contribution < -0.4 is 5.32 Å². The lowest BCUT2D eigenvalue weighted by Gasteiger charge is -2.30. The number of nitrogens with one attached hydrogen (secondary N) is 1. The Labute approximate surface area is 205 Å². The van der Waals surface area contributed by atoms with Crippen molar-refractivity contribution in [3.8, 4) is 0 Å². The van der Waals surface area contributed by atoms with Crippen molar-refractivity contribution in [2.45, 2.75) is 43.4 Å². The van der Waals surface area contributed by atoms with Crippen LogP contribution in [0.3, 0.4) is 0 Å². The van der Waals surface area contributed by atoms with E-state index in [9.17, 15) is 9.59 Å². The number of aliphatic hydroxyl groups excluding tert-OH is 1. The molecule has 2 aromatic rings. The van der Waals surface area contributed by atoms with Gasteiger partial charge in [-0.05, 0) is 58.0 Å². The number of hydrogen-bond donors (Lipinski definition) is 2. The number of hydrogen-bond acceptors (Lipinski definition) is 6. The number of fused-ring (bicyclic) bond motifs is 2. The lowest BCUT2D eigenvalue weighted by atomic mass is 9.91. The van der Waals surface area contributed by atoms with Gasteiger partial charge in [0.25, 0.3) is 0 Å². The van der Waals surface area contributed by atoms with Crippen LogP contribution in [0.5, 0.6) is 0 Å². The molecule has 0 radical (unpaired) electrons. The van der Waals surface area contributed by atoms with E-state index >= 15 is 0 Å². The molecule has 0 saturated carbocycles. The molecular weight excluding hydrogens is 537 g/mol. The highest BCUT2D eigenvalue weighted by Crippen LogP contribution is 2.44. The van der Waals surface area contributed by atoms with Gasteiger partial charge in [-0.15, -0.1) is 0 Å². The van der Waals surface area contributed by atoms with Gasteiger partial charge < -0.3 is 24.6 Å². The van der Waals surface area contributed by atoms with Crippen molar-refractivity contribution in [2.75, 3.05) is 13.2 Å². The number of benzene rings is 2. The molecule has 2 N–H and O–H groups in total. The Morgan fingerprint density at radius 2 is 1.88 bits per heavy atom. The average Bonchev–Trinajstić information content (AvgIpc) is 3.35. The Hall–Kier alpha value is -2.27. The molecule has 1 saturated heterocycles. The van der Waals surface area contributed by atoms with Gasteiger partial charge in [0.05, 0.1) is 12.2 Å². The maximum absolute atomic E-state index is 12.9. The zero-order chi connectivity index (χ0) is 23.0. The molecule has 0 bridgehead atoms. The van der Waals surface area contributed by atoms with Gasteiger partial charge in [0.1, 0.15) is 18.3 Å². The molecule has 1 fully saturated rings. The van der Waals surface area contributed by atoms with Gasteiger partial charge in [-0.2, -0.15) is 0 Å². The normalized spacial score (nSPS) is 24.7. The van der Waals surface area contributed by atoms with E-state index in [2.05, 4.69) is 40.0 Å². The van der Waals surface area contributed by atoms with Gasteiger partial charge in [0.15, 0.2) is 5.79 Å². The van der Waals surface area contributed by atoms with Gasteiger partial charge in [-0.3, -0.25) is 4.79 Å². The largest absolute Gasteiger partial charge is 0.456 e. The number of carbonyl (C=O) groups is 2. The predicted molar refractivity (Wildman–Crippen MR) is 127 cm³/mol. The van der Waals surface area contributed by atoms with E-state index in [0.717, 1.165) is 3.57 Å². The quantitative estimate of drug-likeness (QED) is 0.431. The van der Waals surface area contributed by atoms with Crippen LogP contribution in [0.2, 0.25) is 0 Å². The van der Waals surface area contributed by atoms with Gasteiger partial charge in [0.2, 0.25) is 5.91 Å². The van der Waals surface area contributed by atoms with Crippen molar-refractivity contribution in [1.29, 1.82) is 0 Å². The Kier molecular flexibility index (Phi) is 6.26. The number of ether oxygens (including phenoxy) is 3. The fourth-order valence-electron chi connectivity index (χ4n) is 4.77. The molecule has 0 aromatic heterocycles. The molecule has 0 unspecified atom stereocenters. The minimum Gasteiger partial charge on any atom is -0.456 e. The zero-order valence-corrected chi connectivity index (χ0v) is 20.0. The molecule has 1 aliphatic heterocycles. The fraction of sp³-hybridized carbons (Fsp3) is 0.360. The summed E-state index contributed by atoms with van der Waals surface area (Å²) < 4.78 is 19.7. The van der Waals surface area contributed by atoms with Crippen LogP contribution in [0.1, 0.15) is 27.9 Å². The van der Waals surface area contributed by atoms with E-state index in [4.69, 9.17) is 19.3 Å². The second-order valence-corrected chi connectivity index (χ2v) is 9.77. The number of amides is 1. The monoisotopic (exact) mass is 561 g/mol. The number of carbonyl (C=O) groups excluding carboxylic acids is 2. The van der Waals surface area contributed by atoms with Gasteiger partial charge in [0, 0.05) is 35.0 Å². The van der Waals surface area contributed by atoms with Crippen LogP contribution in [-0.4, -0.2) is 54.2 Å². The Bertz CT molecular complexity index is 1090. The first-order valence-electron chi connectivity index (χ1n) is 10.9. The van der Waals surface area contributed by atoms with Crippen LogP contribution in [0, 0.1) is 3.57 Å². The third-order valence-electron chi connectivity index (χ3n) is 6.22. The topological polar surface area (TPSA) is 94.1 Å². The van der Waals surface area contributed by atoms with E-state index < -0.39 is 30.1 Å². The fourth-order valence-corrected chi connectivity index (χ4v) is 5.31. The smallest absolute Gasteiger partial charge is 0.338 e. The van der Waals surface area contributed by atoms with Gasteiger partial charge in [-0.25, -0.2) is 4.79 Å². The molecule has 8 heteroatoms. The zero-order valence-electron chi connectivity index (χ0n) is 17.8. The number of esters is 1. The second kappa shape index (κ2) is 9.17. The van der Waals surface area contributed by atoms with Crippen LogP contribution in [0.25, 0.3) is 0 Å². The van der Waals surface area contributed by atoms with Crippen molar-refractivity contribution < 1.29 is 28.9 Å². The van der Waals surface area contributed by atoms with E-state index in [1.54, 1.807) is 24.3 Å². The standard InChI is InChI=1S/C25H24INO6/c26-19-7-3-6-15(10-19)24(30)31-20-11-18(23(29)27-8-9-28)12-21-22(20)33-25(32-21)13-16-4-1-2-5-17(16)14-25/h1-7,10,12,20-22,28H,8-9,11,13-14H2,(H,27,29)/t20-,21-,22+/m1/s1. The molecule has 3 atom stereocenters. The molecule has 33 heavy (non-hydrogen) atoms. The van der Waals surface area contributed by atoms with Crippen LogP contribution >= 0.6 is 22.6 Å². The van der Waals surface area contributed by atoms with Crippen LogP contribution in [0.15, 0.2) is 60.2 Å². The summed E-state index contributed by atoms with van der Waals surface area (Å²) in [5, 5.41) is 11.7. The first-order valence-corrected chi connectivity index (χ1v) is 12.0. The Morgan fingerprint density at radius 3 is 2.58 bits per heavy atom. The summed E-state index contributed by atoms with van der Waals surface area (Å²) in [7, 11) is 0. The first kappa shape index (κ1) is 22.5. The third kappa shape index (κ3) is 4.57. The lowest BCUT2D eigenvalue weighted by Crippen LogP contribution is -2.44. The number of aliphatic hydroxyl groups is 1. The Balaban J connectivity index is 1.40.